The van der Waals surface area contributed by atoms with Gasteiger partial charge >= 0.3 is 5.97 Å². The summed E-state index contributed by atoms with van der Waals surface area (Å²) in [5, 5.41) is 0.757. The van der Waals surface area contributed by atoms with E-state index in [9.17, 15) is 4.79 Å². The summed E-state index contributed by atoms with van der Waals surface area (Å²) in [5.74, 6) is -0.393. The van der Waals surface area contributed by atoms with Crippen LogP contribution in [0.5, 0.6) is 0 Å². The average Bonchev–Trinajstić information content (AvgIpc) is 2.91. The number of nitrogens with two attached hydrogens (primary N) is 1. The molecule has 0 aliphatic carbocycles. The van der Waals surface area contributed by atoms with Gasteiger partial charge in [0.05, 0.1) is 19.4 Å². The van der Waals surface area contributed by atoms with Crippen LogP contribution in [-0.2, 0) is 22.6 Å². The molecule has 2 aromatic rings. The van der Waals surface area contributed by atoms with Crippen LogP contribution in [0.4, 0.5) is 0 Å². The van der Waals surface area contributed by atoms with Gasteiger partial charge in [-0.2, -0.15) is 0 Å². The lowest BCUT2D eigenvalue weighted by atomic mass is 10.1. The topological polar surface area (TPSA) is 74.4 Å². The van der Waals surface area contributed by atoms with E-state index >= 15 is 0 Å². The molecule has 0 amide bonds. The lowest BCUT2D eigenvalue weighted by molar-refractivity contribution is 0.0601. The maximum atomic E-state index is 11.7. The summed E-state index contributed by atoms with van der Waals surface area (Å²) >= 11 is 1.30. The Balaban J connectivity index is 2.43. The first-order chi connectivity index (χ1) is 9.69. The van der Waals surface area contributed by atoms with Gasteiger partial charge in [-0.05, 0) is 11.6 Å². The van der Waals surface area contributed by atoms with Gasteiger partial charge in [-0.15, -0.1) is 11.3 Å². The fourth-order valence-corrected chi connectivity index (χ4v) is 2.78. The zero-order valence-electron chi connectivity index (χ0n) is 11.4. The van der Waals surface area contributed by atoms with Gasteiger partial charge in [0.1, 0.15) is 9.88 Å². The van der Waals surface area contributed by atoms with Crippen LogP contribution >= 0.6 is 11.3 Å². The van der Waals surface area contributed by atoms with E-state index in [1.807, 2.05) is 24.3 Å². The molecule has 0 saturated carbocycles. The van der Waals surface area contributed by atoms with Crippen molar-refractivity contribution in [3.8, 4) is 10.6 Å². The molecule has 0 radical (unpaired) electrons. The molecule has 6 heteroatoms. The van der Waals surface area contributed by atoms with Crippen LogP contribution in [0.15, 0.2) is 24.3 Å². The van der Waals surface area contributed by atoms with Crippen LogP contribution in [-0.4, -0.2) is 25.2 Å². The van der Waals surface area contributed by atoms with Gasteiger partial charge in [0.2, 0.25) is 0 Å². The molecule has 2 rings (SSSR count). The van der Waals surface area contributed by atoms with E-state index in [0.29, 0.717) is 17.1 Å². The summed E-state index contributed by atoms with van der Waals surface area (Å²) in [4.78, 5) is 16.7. The number of nitrogens with zero attached hydrogens (tertiary/aromatic N) is 1. The summed E-state index contributed by atoms with van der Waals surface area (Å²) in [6.45, 7) is 0.742. The first-order valence-electron chi connectivity index (χ1n) is 6.06. The van der Waals surface area contributed by atoms with E-state index in [0.717, 1.165) is 16.1 Å². The van der Waals surface area contributed by atoms with Crippen molar-refractivity contribution in [3.63, 3.8) is 0 Å². The van der Waals surface area contributed by atoms with Gasteiger partial charge in [-0.1, -0.05) is 18.2 Å². The van der Waals surface area contributed by atoms with Gasteiger partial charge in [0.25, 0.3) is 0 Å². The van der Waals surface area contributed by atoms with Crippen molar-refractivity contribution in [2.24, 2.45) is 5.73 Å². The second-order valence-corrected chi connectivity index (χ2v) is 5.12. The van der Waals surface area contributed by atoms with Crippen molar-refractivity contribution in [2.75, 3.05) is 14.2 Å². The molecule has 0 saturated heterocycles. The fourth-order valence-electron chi connectivity index (χ4n) is 1.79. The van der Waals surface area contributed by atoms with Crippen molar-refractivity contribution < 1.29 is 14.3 Å². The third-order valence-corrected chi connectivity index (χ3v) is 3.89. The zero-order chi connectivity index (χ0) is 14.5. The van der Waals surface area contributed by atoms with E-state index < -0.39 is 5.97 Å². The number of carbonyl (C=O) groups excluding carboxylic acids is 1. The number of carbonyl (C=O) groups is 1. The molecule has 0 spiro atoms. The van der Waals surface area contributed by atoms with Gasteiger partial charge in [-0.25, -0.2) is 9.78 Å². The predicted octanol–water partition coefficient (Wildman–Crippen LogP) is 2.20. The molecule has 20 heavy (non-hydrogen) atoms. The lowest BCUT2D eigenvalue weighted by Crippen LogP contribution is -2.03. The minimum absolute atomic E-state index is 0.275. The summed E-state index contributed by atoms with van der Waals surface area (Å²) in [6.07, 6.45) is 0. The van der Waals surface area contributed by atoms with Gasteiger partial charge in [0, 0.05) is 19.2 Å². The number of aromatic nitrogens is 1. The van der Waals surface area contributed by atoms with Crippen LogP contribution < -0.4 is 5.73 Å². The molecule has 0 unspecified atom stereocenters. The van der Waals surface area contributed by atoms with Crippen molar-refractivity contribution in [1.82, 2.24) is 4.98 Å². The third-order valence-electron chi connectivity index (χ3n) is 2.76. The molecule has 0 fully saturated rings. The normalized spacial score (nSPS) is 10.6. The third kappa shape index (κ3) is 3.04. The molecule has 5 nitrogen and oxygen atoms in total. The Morgan fingerprint density at radius 1 is 1.40 bits per heavy atom. The Morgan fingerprint density at radius 3 is 2.85 bits per heavy atom. The summed E-state index contributed by atoms with van der Waals surface area (Å²) in [7, 11) is 2.92. The maximum absolute atomic E-state index is 11.7. The second-order valence-electron chi connectivity index (χ2n) is 4.12. The maximum Gasteiger partial charge on any atom is 0.350 e. The average molecular weight is 292 g/mol. The number of thiazole rings is 1. The van der Waals surface area contributed by atoms with E-state index in [1.165, 1.54) is 18.4 Å². The second kappa shape index (κ2) is 6.60. The van der Waals surface area contributed by atoms with Crippen LogP contribution in [0, 0.1) is 0 Å². The lowest BCUT2D eigenvalue weighted by Gasteiger charge is -1.99. The van der Waals surface area contributed by atoms with Crippen molar-refractivity contribution >= 4 is 17.3 Å². The van der Waals surface area contributed by atoms with Gasteiger partial charge in [-0.3, -0.25) is 0 Å². The molecule has 1 aromatic heterocycles. The van der Waals surface area contributed by atoms with E-state index in [-0.39, 0.29) is 6.61 Å². The number of methoxy groups -OCH3 is 2. The number of esters is 1. The Labute approximate surface area is 121 Å². The van der Waals surface area contributed by atoms with Crippen molar-refractivity contribution in [1.29, 1.82) is 0 Å². The highest BCUT2D eigenvalue weighted by atomic mass is 32.1. The quantitative estimate of drug-likeness (QED) is 0.855. The molecule has 0 aliphatic rings. The Kier molecular flexibility index (Phi) is 4.84. The first kappa shape index (κ1) is 14.6. The van der Waals surface area contributed by atoms with Crippen LogP contribution in [0.3, 0.4) is 0 Å². The molecular weight excluding hydrogens is 276 g/mol. The molecule has 0 atom stereocenters. The van der Waals surface area contributed by atoms with Crippen molar-refractivity contribution in [2.45, 2.75) is 13.2 Å². The van der Waals surface area contributed by atoms with Crippen LogP contribution in [0.1, 0.15) is 20.9 Å². The zero-order valence-corrected chi connectivity index (χ0v) is 12.2. The summed E-state index contributed by atoms with van der Waals surface area (Å²) in [6, 6.07) is 7.78. The summed E-state index contributed by atoms with van der Waals surface area (Å²) in [5.41, 5.74) is 8.19. The first-order valence-corrected chi connectivity index (χ1v) is 6.87. The minimum Gasteiger partial charge on any atom is -0.465 e. The molecular formula is C14H16N2O3S. The van der Waals surface area contributed by atoms with Crippen molar-refractivity contribution in [3.05, 3.63) is 40.4 Å². The number of hydrogen-bond acceptors (Lipinski definition) is 6. The molecule has 1 aromatic carbocycles. The Bertz CT molecular complexity index is 610. The fraction of sp³-hybridized carbons (Fsp3) is 0.286. The minimum atomic E-state index is -0.393. The highest BCUT2D eigenvalue weighted by Crippen LogP contribution is 2.29. The smallest absolute Gasteiger partial charge is 0.350 e. The van der Waals surface area contributed by atoms with Gasteiger partial charge in [0.15, 0.2) is 0 Å². The predicted molar refractivity (Wildman–Crippen MR) is 77.5 cm³/mol. The number of benzene rings is 1. The molecule has 0 aliphatic heterocycles. The Hall–Kier alpha value is -1.76. The molecule has 0 bridgehead atoms. The standard InChI is InChI=1S/C14H16N2O3S/c1-18-8-11-12(14(17)19-2)20-13(16-11)10-5-3-4-9(6-10)7-15/h3-6H,7-8,15H2,1-2H3. The largest absolute Gasteiger partial charge is 0.465 e. The number of ether oxygens (including phenoxy) is 2. The molecule has 1 heterocycles. The van der Waals surface area contributed by atoms with Gasteiger partial charge < -0.3 is 15.2 Å². The SMILES string of the molecule is COCc1nc(-c2cccc(CN)c2)sc1C(=O)OC. The number of rotatable bonds is 5. The molecule has 2 N–H and O–H groups in total. The highest BCUT2D eigenvalue weighted by molar-refractivity contribution is 7.17. The summed E-state index contributed by atoms with van der Waals surface area (Å²) < 4.78 is 9.85. The Morgan fingerprint density at radius 2 is 2.20 bits per heavy atom. The van der Waals surface area contributed by atoms with Crippen LogP contribution in [0.2, 0.25) is 0 Å². The van der Waals surface area contributed by atoms with Crippen LogP contribution in [0.25, 0.3) is 10.6 Å². The van der Waals surface area contributed by atoms with E-state index in [4.69, 9.17) is 15.2 Å². The van der Waals surface area contributed by atoms with E-state index in [2.05, 4.69) is 4.98 Å². The highest BCUT2D eigenvalue weighted by Gasteiger charge is 2.19. The monoisotopic (exact) mass is 292 g/mol. The molecule has 106 valence electrons. The number of hydrogen-bond donors (Lipinski definition) is 1. The van der Waals surface area contributed by atoms with E-state index in [1.54, 1.807) is 7.11 Å².